The standard InChI is InChI=1S/C14H28BrN5/c1-6-9-20-12(11(15)10-17-20)13(18-16)14(4,5)19(7-2)8-3/h10,13,18H,6-9,16H2,1-5H3. The predicted octanol–water partition coefficient (Wildman–Crippen LogP) is 2.68. The lowest BCUT2D eigenvalue weighted by Gasteiger charge is -2.43. The summed E-state index contributed by atoms with van der Waals surface area (Å²) in [6.07, 6.45) is 2.90. The Morgan fingerprint density at radius 3 is 2.45 bits per heavy atom. The summed E-state index contributed by atoms with van der Waals surface area (Å²) in [6.45, 7) is 13.8. The highest BCUT2D eigenvalue weighted by Gasteiger charge is 2.37. The van der Waals surface area contributed by atoms with Crippen LogP contribution in [0.3, 0.4) is 0 Å². The number of rotatable bonds is 8. The molecule has 20 heavy (non-hydrogen) atoms. The van der Waals surface area contributed by atoms with Crippen LogP contribution in [0.4, 0.5) is 0 Å². The minimum atomic E-state index is -0.105. The zero-order valence-corrected chi connectivity index (χ0v) is 14.9. The lowest BCUT2D eigenvalue weighted by Crippen LogP contribution is -2.54. The first-order chi connectivity index (χ1) is 9.43. The first kappa shape index (κ1) is 17.6. The average molecular weight is 346 g/mol. The van der Waals surface area contributed by atoms with E-state index >= 15 is 0 Å². The van der Waals surface area contributed by atoms with Gasteiger partial charge in [-0.1, -0.05) is 20.8 Å². The Bertz CT molecular complexity index is 412. The molecule has 0 saturated heterocycles. The third-order valence-electron chi connectivity index (χ3n) is 3.99. The normalized spacial score (nSPS) is 14.0. The van der Waals surface area contributed by atoms with Crippen molar-refractivity contribution < 1.29 is 0 Å². The first-order valence-electron chi connectivity index (χ1n) is 7.36. The topological polar surface area (TPSA) is 59.1 Å². The molecule has 1 heterocycles. The van der Waals surface area contributed by atoms with E-state index in [4.69, 9.17) is 5.84 Å². The maximum atomic E-state index is 5.89. The summed E-state index contributed by atoms with van der Waals surface area (Å²) in [4.78, 5) is 2.41. The largest absolute Gasteiger partial charge is 0.297 e. The number of nitrogens with one attached hydrogen (secondary N) is 1. The molecule has 0 aliphatic carbocycles. The van der Waals surface area contributed by atoms with Gasteiger partial charge in [0.05, 0.1) is 22.4 Å². The van der Waals surface area contributed by atoms with E-state index < -0.39 is 0 Å². The SMILES string of the molecule is CCCn1ncc(Br)c1C(NN)C(C)(C)N(CC)CC. The molecule has 1 atom stereocenters. The summed E-state index contributed by atoms with van der Waals surface area (Å²) in [5.74, 6) is 5.89. The minimum absolute atomic E-state index is 0.00539. The number of likely N-dealkylation sites (N-methyl/N-ethyl adjacent to an activating group) is 1. The fraction of sp³-hybridized carbons (Fsp3) is 0.786. The van der Waals surface area contributed by atoms with Crippen LogP contribution in [0.25, 0.3) is 0 Å². The molecule has 0 aliphatic heterocycles. The van der Waals surface area contributed by atoms with Gasteiger partial charge in [0.15, 0.2) is 0 Å². The molecule has 6 heteroatoms. The fourth-order valence-electron chi connectivity index (χ4n) is 2.89. The van der Waals surface area contributed by atoms with Crippen LogP contribution < -0.4 is 11.3 Å². The third kappa shape index (κ3) is 3.42. The zero-order valence-electron chi connectivity index (χ0n) is 13.3. The van der Waals surface area contributed by atoms with E-state index in [0.717, 1.165) is 36.2 Å². The highest BCUT2D eigenvalue weighted by Crippen LogP contribution is 2.34. The summed E-state index contributed by atoms with van der Waals surface area (Å²) in [7, 11) is 0. The van der Waals surface area contributed by atoms with Crippen molar-refractivity contribution in [3.05, 3.63) is 16.4 Å². The molecule has 0 bridgehead atoms. The lowest BCUT2D eigenvalue weighted by atomic mass is 9.90. The third-order valence-corrected chi connectivity index (χ3v) is 4.60. The molecule has 0 fully saturated rings. The molecule has 0 amide bonds. The predicted molar refractivity (Wildman–Crippen MR) is 87.3 cm³/mol. The van der Waals surface area contributed by atoms with E-state index in [2.05, 4.69) is 66.0 Å². The van der Waals surface area contributed by atoms with Crippen LogP contribution in [0, 0.1) is 0 Å². The number of hydrogen-bond donors (Lipinski definition) is 2. The maximum absolute atomic E-state index is 5.89. The van der Waals surface area contributed by atoms with Crippen molar-refractivity contribution >= 4 is 15.9 Å². The molecule has 0 saturated carbocycles. The molecule has 1 aromatic rings. The Morgan fingerprint density at radius 2 is 2.00 bits per heavy atom. The van der Waals surface area contributed by atoms with E-state index in [0.29, 0.717) is 0 Å². The van der Waals surface area contributed by atoms with Gasteiger partial charge >= 0.3 is 0 Å². The van der Waals surface area contributed by atoms with Crippen molar-refractivity contribution in [3.8, 4) is 0 Å². The lowest BCUT2D eigenvalue weighted by molar-refractivity contribution is 0.0871. The van der Waals surface area contributed by atoms with Gasteiger partial charge in [0.2, 0.25) is 0 Å². The number of nitrogens with zero attached hydrogens (tertiary/aromatic N) is 3. The molecule has 1 aromatic heterocycles. The van der Waals surface area contributed by atoms with Crippen LogP contribution in [-0.4, -0.2) is 33.3 Å². The van der Waals surface area contributed by atoms with E-state index in [1.54, 1.807) is 0 Å². The van der Waals surface area contributed by atoms with Crippen molar-refractivity contribution in [1.82, 2.24) is 20.1 Å². The summed E-state index contributed by atoms with van der Waals surface area (Å²) >= 11 is 3.62. The van der Waals surface area contributed by atoms with Crippen LogP contribution in [0.2, 0.25) is 0 Å². The summed E-state index contributed by atoms with van der Waals surface area (Å²) < 4.78 is 3.05. The Kier molecular flexibility index (Phi) is 6.64. The number of halogens is 1. The smallest absolute Gasteiger partial charge is 0.0818 e. The van der Waals surface area contributed by atoms with Gasteiger partial charge in [0.25, 0.3) is 0 Å². The zero-order chi connectivity index (χ0) is 15.3. The van der Waals surface area contributed by atoms with Crippen molar-refractivity contribution in [2.24, 2.45) is 5.84 Å². The van der Waals surface area contributed by atoms with Crippen molar-refractivity contribution in [3.63, 3.8) is 0 Å². The van der Waals surface area contributed by atoms with Gasteiger partial charge in [-0.25, -0.2) is 5.43 Å². The van der Waals surface area contributed by atoms with Gasteiger partial charge in [-0.3, -0.25) is 15.4 Å². The Morgan fingerprint density at radius 1 is 1.40 bits per heavy atom. The summed E-state index contributed by atoms with van der Waals surface area (Å²) in [6, 6.07) is 0.00539. The first-order valence-corrected chi connectivity index (χ1v) is 8.15. The van der Waals surface area contributed by atoms with Gasteiger partial charge in [0.1, 0.15) is 0 Å². The second kappa shape index (κ2) is 7.54. The second-order valence-corrected chi connectivity index (χ2v) is 6.38. The van der Waals surface area contributed by atoms with Crippen LogP contribution in [0.1, 0.15) is 52.8 Å². The summed E-state index contributed by atoms with van der Waals surface area (Å²) in [5, 5.41) is 4.45. The van der Waals surface area contributed by atoms with Crippen molar-refractivity contribution in [1.29, 1.82) is 0 Å². The molecule has 0 radical (unpaired) electrons. The maximum Gasteiger partial charge on any atom is 0.0818 e. The molecular formula is C14H28BrN5. The number of aryl methyl sites for hydroxylation is 1. The fourth-order valence-corrected chi connectivity index (χ4v) is 3.41. The molecule has 0 aliphatic rings. The number of hydrazine groups is 1. The van der Waals surface area contributed by atoms with Gasteiger partial charge in [-0.05, 0) is 49.3 Å². The average Bonchev–Trinajstić information content (AvgIpc) is 2.74. The second-order valence-electron chi connectivity index (χ2n) is 5.53. The minimum Gasteiger partial charge on any atom is -0.297 e. The molecule has 5 nitrogen and oxygen atoms in total. The van der Waals surface area contributed by atoms with Crippen molar-refractivity contribution in [2.75, 3.05) is 13.1 Å². The van der Waals surface area contributed by atoms with Crippen LogP contribution in [-0.2, 0) is 6.54 Å². The summed E-state index contributed by atoms with van der Waals surface area (Å²) in [5.41, 5.74) is 4.01. The van der Waals surface area contributed by atoms with Gasteiger partial charge in [-0.2, -0.15) is 5.10 Å². The van der Waals surface area contributed by atoms with Gasteiger partial charge < -0.3 is 0 Å². The molecule has 0 spiro atoms. The van der Waals surface area contributed by atoms with Crippen LogP contribution in [0.15, 0.2) is 10.7 Å². The molecule has 3 N–H and O–H groups in total. The highest BCUT2D eigenvalue weighted by atomic mass is 79.9. The molecular weight excluding hydrogens is 318 g/mol. The Labute approximate surface area is 131 Å². The van der Waals surface area contributed by atoms with E-state index in [-0.39, 0.29) is 11.6 Å². The monoisotopic (exact) mass is 345 g/mol. The van der Waals surface area contributed by atoms with Gasteiger partial charge in [-0.15, -0.1) is 0 Å². The van der Waals surface area contributed by atoms with Crippen LogP contribution >= 0.6 is 15.9 Å². The quantitative estimate of drug-likeness (QED) is 0.561. The molecule has 1 unspecified atom stereocenters. The highest BCUT2D eigenvalue weighted by molar-refractivity contribution is 9.10. The molecule has 1 rings (SSSR count). The molecule has 116 valence electrons. The van der Waals surface area contributed by atoms with Gasteiger partial charge in [0, 0.05) is 12.1 Å². The molecule has 0 aromatic carbocycles. The Hall–Kier alpha value is -0.430. The van der Waals surface area contributed by atoms with E-state index in [1.807, 2.05) is 10.9 Å². The Balaban J connectivity index is 3.21. The van der Waals surface area contributed by atoms with E-state index in [9.17, 15) is 0 Å². The number of nitrogens with two attached hydrogens (primary N) is 1. The van der Waals surface area contributed by atoms with Crippen molar-refractivity contribution in [2.45, 2.75) is 59.2 Å². The van der Waals surface area contributed by atoms with E-state index in [1.165, 1.54) is 0 Å². The number of hydrogen-bond acceptors (Lipinski definition) is 4. The van der Waals surface area contributed by atoms with Crippen LogP contribution in [0.5, 0.6) is 0 Å². The number of aromatic nitrogens is 2.